The molecule has 8 nitrogen and oxygen atoms in total. The standard InChI is InChI=1S/C28H32F2N4O4/c1-28(2,3)38-27(36)33-13-11-19(12-14-33)25-22(17-32-34(25)24-10-7-20(29)15-23(24)30)26(35)31-16-18-5-8-21(37-4)9-6-18/h5-10,15,17,19H,11-14,16H2,1-4H3,(H,31,35). The van der Waals surface area contributed by atoms with Crippen molar-refractivity contribution in [2.24, 2.45) is 0 Å². The van der Waals surface area contributed by atoms with Crippen molar-refractivity contribution >= 4 is 12.0 Å². The smallest absolute Gasteiger partial charge is 0.410 e. The number of hydrogen-bond donors (Lipinski definition) is 1. The number of ether oxygens (including phenoxy) is 2. The van der Waals surface area contributed by atoms with E-state index in [1.165, 1.54) is 16.9 Å². The maximum absolute atomic E-state index is 14.8. The van der Waals surface area contributed by atoms with Crippen LogP contribution in [0.2, 0.25) is 0 Å². The lowest BCUT2D eigenvalue weighted by molar-refractivity contribution is 0.0203. The van der Waals surface area contributed by atoms with Crippen molar-refractivity contribution in [3.8, 4) is 11.4 Å². The molecule has 0 saturated carbocycles. The second kappa shape index (κ2) is 11.2. The van der Waals surface area contributed by atoms with Crippen molar-refractivity contribution in [3.05, 3.63) is 77.1 Å². The minimum absolute atomic E-state index is 0.0465. The van der Waals surface area contributed by atoms with Crippen molar-refractivity contribution in [2.75, 3.05) is 20.2 Å². The van der Waals surface area contributed by atoms with Gasteiger partial charge in [-0.2, -0.15) is 5.10 Å². The van der Waals surface area contributed by atoms with Crippen LogP contribution in [0.25, 0.3) is 5.69 Å². The Morgan fingerprint density at radius 2 is 1.76 bits per heavy atom. The number of carbonyl (C=O) groups is 2. The van der Waals surface area contributed by atoms with Gasteiger partial charge in [0.05, 0.1) is 24.6 Å². The van der Waals surface area contributed by atoms with E-state index in [1.54, 1.807) is 24.1 Å². The van der Waals surface area contributed by atoms with Crippen LogP contribution in [0.1, 0.15) is 61.1 Å². The Hall–Kier alpha value is -3.95. The number of hydrogen-bond acceptors (Lipinski definition) is 5. The van der Waals surface area contributed by atoms with Crippen LogP contribution < -0.4 is 10.1 Å². The molecule has 4 rings (SSSR count). The summed E-state index contributed by atoms with van der Waals surface area (Å²) in [4.78, 5) is 27.5. The average molecular weight is 527 g/mol. The van der Waals surface area contributed by atoms with Gasteiger partial charge in [0.1, 0.15) is 22.9 Å². The number of piperidine rings is 1. The zero-order valence-electron chi connectivity index (χ0n) is 22.0. The number of likely N-dealkylation sites (tertiary alicyclic amines) is 1. The molecule has 1 aliphatic heterocycles. The largest absolute Gasteiger partial charge is 0.497 e. The van der Waals surface area contributed by atoms with Gasteiger partial charge in [-0.05, 0) is 63.4 Å². The monoisotopic (exact) mass is 526 g/mol. The van der Waals surface area contributed by atoms with Gasteiger partial charge in [-0.25, -0.2) is 18.3 Å². The molecule has 1 N–H and O–H groups in total. The summed E-state index contributed by atoms with van der Waals surface area (Å²) in [6.45, 7) is 6.52. The van der Waals surface area contributed by atoms with Crippen LogP contribution in [0.5, 0.6) is 5.75 Å². The molecular weight excluding hydrogens is 494 g/mol. The van der Waals surface area contributed by atoms with Gasteiger partial charge in [0, 0.05) is 31.6 Å². The van der Waals surface area contributed by atoms with Gasteiger partial charge >= 0.3 is 6.09 Å². The molecule has 3 aromatic rings. The quantitative estimate of drug-likeness (QED) is 0.477. The number of nitrogens with one attached hydrogen (secondary N) is 1. The number of benzene rings is 2. The lowest BCUT2D eigenvalue weighted by Crippen LogP contribution is -2.41. The molecule has 0 radical (unpaired) electrons. The molecule has 0 spiro atoms. The summed E-state index contributed by atoms with van der Waals surface area (Å²) in [6, 6.07) is 10.6. The van der Waals surface area contributed by atoms with Crippen LogP contribution in [0, 0.1) is 11.6 Å². The molecule has 38 heavy (non-hydrogen) atoms. The van der Waals surface area contributed by atoms with E-state index in [9.17, 15) is 18.4 Å². The second-order valence-electron chi connectivity index (χ2n) is 10.2. The minimum atomic E-state index is -0.786. The van der Waals surface area contributed by atoms with E-state index in [-0.39, 0.29) is 24.1 Å². The van der Waals surface area contributed by atoms with Crippen LogP contribution in [0.4, 0.5) is 13.6 Å². The number of halogens is 2. The van der Waals surface area contributed by atoms with E-state index in [0.717, 1.165) is 17.7 Å². The summed E-state index contributed by atoms with van der Waals surface area (Å²) in [6.07, 6.45) is 2.05. The average Bonchev–Trinajstić information content (AvgIpc) is 3.31. The predicted molar refractivity (Wildman–Crippen MR) is 137 cm³/mol. The molecule has 2 amide bonds. The maximum Gasteiger partial charge on any atom is 0.410 e. The first-order chi connectivity index (χ1) is 18.1. The zero-order valence-corrected chi connectivity index (χ0v) is 22.0. The van der Waals surface area contributed by atoms with E-state index in [2.05, 4.69) is 10.4 Å². The van der Waals surface area contributed by atoms with Crippen LogP contribution in [0.3, 0.4) is 0 Å². The molecule has 202 valence electrons. The van der Waals surface area contributed by atoms with Gasteiger partial charge < -0.3 is 19.7 Å². The van der Waals surface area contributed by atoms with Gasteiger partial charge in [0.25, 0.3) is 5.91 Å². The lowest BCUT2D eigenvalue weighted by Gasteiger charge is -2.34. The molecule has 1 saturated heterocycles. The van der Waals surface area contributed by atoms with E-state index in [4.69, 9.17) is 9.47 Å². The molecule has 0 bridgehead atoms. The Bertz CT molecular complexity index is 1290. The Kier molecular flexibility index (Phi) is 7.99. The van der Waals surface area contributed by atoms with Crippen LogP contribution >= 0.6 is 0 Å². The molecular formula is C28H32F2N4O4. The maximum atomic E-state index is 14.8. The molecule has 1 fully saturated rings. The van der Waals surface area contributed by atoms with E-state index in [0.29, 0.717) is 42.9 Å². The number of nitrogens with zero attached hydrogens (tertiary/aromatic N) is 3. The summed E-state index contributed by atoms with van der Waals surface area (Å²) < 4.78 is 40.4. The summed E-state index contributed by atoms with van der Waals surface area (Å²) in [5, 5.41) is 7.23. The molecule has 0 unspecified atom stereocenters. The third-order valence-electron chi connectivity index (χ3n) is 6.33. The second-order valence-corrected chi connectivity index (χ2v) is 10.2. The highest BCUT2D eigenvalue weighted by Crippen LogP contribution is 2.33. The summed E-state index contributed by atoms with van der Waals surface area (Å²) in [5.74, 6) is -1.34. The fourth-order valence-electron chi connectivity index (χ4n) is 4.45. The van der Waals surface area contributed by atoms with Crippen LogP contribution in [-0.4, -0.2) is 52.5 Å². The number of amides is 2. The molecule has 10 heteroatoms. The van der Waals surface area contributed by atoms with Gasteiger partial charge in [-0.15, -0.1) is 0 Å². The van der Waals surface area contributed by atoms with Gasteiger partial charge in [-0.1, -0.05) is 12.1 Å². The Morgan fingerprint density at radius 3 is 2.37 bits per heavy atom. The molecule has 2 heterocycles. The van der Waals surface area contributed by atoms with Crippen molar-refractivity contribution in [3.63, 3.8) is 0 Å². The first-order valence-electron chi connectivity index (χ1n) is 12.5. The molecule has 1 aromatic heterocycles. The number of rotatable bonds is 6. The van der Waals surface area contributed by atoms with E-state index >= 15 is 0 Å². The van der Waals surface area contributed by atoms with Crippen molar-refractivity contribution in [2.45, 2.75) is 51.7 Å². The molecule has 2 aromatic carbocycles. The SMILES string of the molecule is COc1ccc(CNC(=O)c2cnn(-c3ccc(F)cc3F)c2C2CCN(C(=O)OC(C)(C)C)CC2)cc1. The third-order valence-corrected chi connectivity index (χ3v) is 6.33. The fraction of sp³-hybridized carbons (Fsp3) is 0.393. The fourth-order valence-corrected chi connectivity index (χ4v) is 4.45. The van der Waals surface area contributed by atoms with Crippen molar-refractivity contribution in [1.29, 1.82) is 0 Å². The molecule has 0 aliphatic carbocycles. The van der Waals surface area contributed by atoms with Gasteiger partial charge in [0.15, 0.2) is 5.82 Å². The third kappa shape index (κ3) is 6.30. The lowest BCUT2D eigenvalue weighted by atomic mass is 9.90. The van der Waals surface area contributed by atoms with Gasteiger partial charge in [0.2, 0.25) is 0 Å². The van der Waals surface area contributed by atoms with Crippen molar-refractivity contribution in [1.82, 2.24) is 20.0 Å². The summed E-state index contributed by atoms with van der Waals surface area (Å²) in [7, 11) is 1.58. The summed E-state index contributed by atoms with van der Waals surface area (Å²) in [5.41, 5.74) is 1.14. The number of aromatic nitrogens is 2. The summed E-state index contributed by atoms with van der Waals surface area (Å²) >= 11 is 0. The number of carbonyl (C=O) groups excluding carboxylic acids is 2. The first kappa shape index (κ1) is 27.1. The Balaban J connectivity index is 1.58. The Labute approximate surface area is 220 Å². The highest BCUT2D eigenvalue weighted by atomic mass is 19.1. The minimum Gasteiger partial charge on any atom is -0.497 e. The highest BCUT2D eigenvalue weighted by molar-refractivity contribution is 5.95. The van der Waals surface area contributed by atoms with Crippen LogP contribution in [-0.2, 0) is 11.3 Å². The van der Waals surface area contributed by atoms with Crippen LogP contribution in [0.15, 0.2) is 48.7 Å². The van der Waals surface area contributed by atoms with E-state index < -0.39 is 23.3 Å². The highest BCUT2D eigenvalue weighted by Gasteiger charge is 2.32. The first-order valence-corrected chi connectivity index (χ1v) is 12.5. The normalized spacial score (nSPS) is 14.3. The molecule has 1 aliphatic rings. The zero-order chi connectivity index (χ0) is 27.4. The number of methoxy groups -OCH3 is 1. The van der Waals surface area contributed by atoms with Gasteiger partial charge in [-0.3, -0.25) is 4.79 Å². The van der Waals surface area contributed by atoms with E-state index in [1.807, 2.05) is 32.9 Å². The topological polar surface area (TPSA) is 85.7 Å². The molecule has 0 atom stereocenters. The Morgan fingerprint density at radius 1 is 1.08 bits per heavy atom. The predicted octanol–water partition coefficient (Wildman–Crippen LogP) is 5.20. The van der Waals surface area contributed by atoms with Crippen molar-refractivity contribution < 1.29 is 27.8 Å².